The monoisotopic (exact) mass is 651 g/mol. The second-order valence-corrected chi connectivity index (χ2v) is 13.4. The number of benzene rings is 2. The van der Waals surface area contributed by atoms with Gasteiger partial charge in [0.15, 0.2) is 0 Å². The van der Waals surface area contributed by atoms with Crippen molar-refractivity contribution in [1.82, 2.24) is 25.8 Å². The van der Waals surface area contributed by atoms with Crippen LogP contribution in [0.1, 0.15) is 86.4 Å². The zero-order valence-corrected chi connectivity index (χ0v) is 27.3. The molecule has 0 radical (unpaired) electrons. The van der Waals surface area contributed by atoms with Gasteiger partial charge in [0.05, 0.1) is 46.6 Å². The molecule has 2 amide bonds. The van der Waals surface area contributed by atoms with E-state index in [1.807, 2.05) is 38.1 Å². The molecule has 2 atom stereocenters. The SMILES string of the molecule is COc1cccc2c1CC[C@@H]2NC(=O)c1ccc(-c2c3c(nc(CCc4ccc(F)cc4)c2-c2nnc(C)o2)[C@@H](C(C)C)NC3=O)s1. The standard InChI is InChI=1S/C36H34FN5O4S/c1-18(2)32-33-31(35(44)40-32)30(29(36-42-41-19(3)46-36)25(38-33)14-10-20-8-11-21(37)12-9-20)27-16-17-28(47-27)34(43)39-24-15-13-23-22(24)6-5-7-26(23)45-4/h5-9,11-12,16-18,24,32H,10,13-15H2,1-4H3,(H,39,43)(H,40,44)/t24-,32+/m0/s1. The highest BCUT2D eigenvalue weighted by molar-refractivity contribution is 7.17. The number of aryl methyl sites for hydroxylation is 3. The number of amides is 2. The van der Waals surface area contributed by atoms with E-state index in [1.165, 1.54) is 23.5 Å². The number of nitrogens with zero attached hydrogens (tertiary/aromatic N) is 3. The maximum absolute atomic E-state index is 13.7. The third-order valence-electron chi connectivity index (χ3n) is 8.91. The first kappa shape index (κ1) is 30.7. The number of methoxy groups -OCH3 is 1. The third kappa shape index (κ3) is 5.69. The van der Waals surface area contributed by atoms with Crippen LogP contribution in [0.25, 0.3) is 21.9 Å². The molecule has 0 saturated carbocycles. The molecule has 0 spiro atoms. The van der Waals surface area contributed by atoms with Crippen LogP contribution < -0.4 is 15.4 Å². The number of nitrogens with one attached hydrogen (secondary N) is 2. The zero-order chi connectivity index (χ0) is 32.8. The second-order valence-electron chi connectivity index (χ2n) is 12.3. The quantitative estimate of drug-likeness (QED) is 0.177. The molecule has 0 bridgehead atoms. The van der Waals surface area contributed by atoms with Crippen molar-refractivity contribution in [3.05, 3.63) is 105 Å². The minimum atomic E-state index is -0.299. The van der Waals surface area contributed by atoms with E-state index in [-0.39, 0.29) is 41.5 Å². The molecule has 4 heterocycles. The largest absolute Gasteiger partial charge is 0.496 e. The summed E-state index contributed by atoms with van der Waals surface area (Å²) in [5.74, 6) is 0.815. The number of aromatic nitrogens is 3. The molecule has 9 nitrogen and oxygen atoms in total. The number of halogens is 1. The molecule has 5 aromatic rings. The van der Waals surface area contributed by atoms with Crippen LogP contribution in [0.2, 0.25) is 0 Å². The highest BCUT2D eigenvalue weighted by Gasteiger charge is 2.39. The molecule has 1 aliphatic heterocycles. The van der Waals surface area contributed by atoms with Gasteiger partial charge in [-0.3, -0.25) is 14.6 Å². The maximum atomic E-state index is 13.7. The first-order valence-corrected chi connectivity index (χ1v) is 16.5. The van der Waals surface area contributed by atoms with Crippen LogP contribution in [-0.2, 0) is 19.3 Å². The van der Waals surface area contributed by atoms with Gasteiger partial charge >= 0.3 is 0 Å². The van der Waals surface area contributed by atoms with Crippen LogP contribution in [0.15, 0.2) is 59.0 Å². The van der Waals surface area contributed by atoms with Crippen molar-refractivity contribution in [1.29, 1.82) is 0 Å². The van der Waals surface area contributed by atoms with E-state index < -0.39 is 0 Å². The van der Waals surface area contributed by atoms with Crippen LogP contribution in [0, 0.1) is 18.7 Å². The van der Waals surface area contributed by atoms with E-state index in [4.69, 9.17) is 14.1 Å². The van der Waals surface area contributed by atoms with Gasteiger partial charge in [0.2, 0.25) is 11.8 Å². The number of carbonyl (C=O) groups excluding carboxylic acids is 2. The van der Waals surface area contributed by atoms with E-state index in [0.717, 1.165) is 40.2 Å². The summed E-state index contributed by atoms with van der Waals surface area (Å²) >= 11 is 1.31. The predicted octanol–water partition coefficient (Wildman–Crippen LogP) is 6.96. The number of hydrogen-bond donors (Lipinski definition) is 2. The topological polar surface area (TPSA) is 119 Å². The number of rotatable bonds is 9. The number of ether oxygens (including phenoxy) is 1. The number of thiophene rings is 1. The molecule has 7 rings (SSSR count). The van der Waals surface area contributed by atoms with Crippen molar-refractivity contribution in [3.8, 4) is 27.6 Å². The lowest BCUT2D eigenvalue weighted by atomic mass is 9.92. The lowest BCUT2D eigenvalue weighted by molar-refractivity contribution is 0.0936. The normalized spacial score (nSPS) is 16.7. The predicted molar refractivity (Wildman–Crippen MR) is 176 cm³/mol. The summed E-state index contributed by atoms with van der Waals surface area (Å²) in [5.41, 5.74) is 6.11. The molecule has 240 valence electrons. The van der Waals surface area contributed by atoms with Gasteiger partial charge in [0, 0.05) is 17.4 Å². The Morgan fingerprint density at radius 2 is 1.89 bits per heavy atom. The van der Waals surface area contributed by atoms with Crippen molar-refractivity contribution >= 4 is 23.2 Å². The fraction of sp³-hybridized carbons (Fsp3) is 0.306. The molecule has 2 N–H and O–H groups in total. The van der Waals surface area contributed by atoms with Gasteiger partial charge in [0.25, 0.3) is 11.8 Å². The zero-order valence-electron chi connectivity index (χ0n) is 26.5. The summed E-state index contributed by atoms with van der Waals surface area (Å²) in [6.07, 6.45) is 2.66. The summed E-state index contributed by atoms with van der Waals surface area (Å²) < 4.78 is 25.2. The molecule has 2 aliphatic rings. The molecule has 2 aromatic carbocycles. The Kier molecular flexibility index (Phi) is 8.09. The summed E-state index contributed by atoms with van der Waals surface area (Å²) in [4.78, 5) is 33.7. The fourth-order valence-corrected chi connectivity index (χ4v) is 7.60. The molecule has 47 heavy (non-hydrogen) atoms. The molecule has 0 fully saturated rings. The van der Waals surface area contributed by atoms with Crippen molar-refractivity contribution < 1.29 is 23.1 Å². The second kappa shape index (κ2) is 12.4. The minimum Gasteiger partial charge on any atom is -0.496 e. The Morgan fingerprint density at radius 3 is 2.62 bits per heavy atom. The Balaban J connectivity index is 1.31. The summed E-state index contributed by atoms with van der Waals surface area (Å²) in [6, 6.07) is 15.5. The molecule has 0 unspecified atom stereocenters. The third-order valence-corrected chi connectivity index (χ3v) is 10.0. The number of pyridine rings is 1. The highest BCUT2D eigenvalue weighted by atomic mass is 32.1. The van der Waals surface area contributed by atoms with Gasteiger partial charge < -0.3 is 19.8 Å². The van der Waals surface area contributed by atoms with Gasteiger partial charge in [0.1, 0.15) is 11.6 Å². The Bertz CT molecular complexity index is 2000. The molecular formula is C36H34FN5O4S. The number of fused-ring (bicyclic) bond motifs is 2. The van der Waals surface area contributed by atoms with E-state index in [0.29, 0.717) is 51.7 Å². The van der Waals surface area contributed by atoms with Crippen molar-refractivity contribution in [3.63, 3.8) is 0 Å². The highest BCUT2D eigenvalue weighted by Crippen LogP contribution is 2.45. The lowest BCUT2D eigenvalue weighted by Crippen LogP contribution is -2.26. The Hall–Kier alpha value is -4.90. The first-order chi connectivity index (χ1) is 22.7. The summed E-state index contributed by atoms with van der Waals surface area (Å²) in [7, 11) is 1.66. The van der Waals surface area contributed by atoms with Crippen LogP contribution in [0.4, 0.5) is 4.39 Å². The molecule has 1 aliphatic carbocycles. The van der Waals surface area contributed by atoms with Gasteiger partial charge in [-0.15, -0.1) is 21.5 Å². The average molecular weight is 652 g/mol. The van der Waals surface area contributed by atoms with Crippen molar-refractivity contribution in [2.45, 2.75) is 58.5 Å². The number of carbonyl (C=O) groups is 2. The van der Waals surface area contributed by atoms with E-state index >= 15 is 0 Å². The lowest BCUT2D eigenvalue weighted by Gasteiger charge is -2.18. The van der Waals surface area contributed by atoms with Gasteiger partial charge in [-0.25, -0.2) is 4.39 Å². The Morgan fingerprint density at radius 1 is 1.09 bits per heavy atom. The molecular weight excluding hydrogens is 617 g/mol. The van der Waals surface area contributed by atoms with Crippen LogP contribution >= 0.6 is 11.3 Å². The fourth-order valence-electron chi connectivity index (χ4n) is 6.63. The first-order valence-electron chi connectivity index (χ1n) is 15.7. The smallest absolute Gasteiger partial charge is 0.261 e. The Labute approximate surface area is 275 Å². The van der Waals surface area contributed by atoms with Gasteiger partial charge in [-0.2, -0.15) is 0 Å². The van der Waals surface area contributed by atoms with Gasteiger partial charge in [-0.05, 0) is 78.6 Å². The van der Waals surface area contributed by atoms with Crippen LogP contribution in [0.3, 0.4) is 0 Å². The van der Waals surface area contributed by atoms with E-state index in [2.05, 4.69) is 20.8 Å². The molecule has 11 heteroatoms. The van der Waals surface area contributed by atoms with Crippen molar-refractivity contribution in [2.24, 2.45) is 5.92 Å². The maximum Gasteiger partial charge on any atom is 0.261 e. The van der Waals surface area contributed by atoms with Crippen LogP contribution in [0.5, 0.6) is 5.75 Å². The molecule has 0 saturated heterocycles. The average Bonchev–Trinajstić information content (AvgIpc) is 3.87. The van der Waals surface area contributed by atoms with Gasteiger partial charge in [-0.1, -0.05) is 38.1 Å². The number of hydrogen-bond acceptors (Lipinski definition) is 8. The minimum absolute atomic E-state index is 0.0829. The molecule has 3 aromatic heterocycles. The summed E-state index contributed by atoms with van der Waals surface area (Å²) in [5, 5.41) is 14.8. The van der Waals surface area contributed by atoms with E-state index in [1.54, 1.807) is 32.2 Å². The summed E-state index contributed by atoms with van der Waals surface area (Å²) in [6.45, 7) is 5.79. The van der Waals surface area contributed by atoms with E-state index in [9.17, 15) is 14.0 Å². The van der Waals surface area contributed by atoms with Crippen LogP contribution in [-0.4, -0.2) is 34.1 Å². The van der Waals surface area contributed by atoms with Crippen molar-refractivity contribution in [2.75, 3.05) is 7.11 Å².